The molecule has 0 saturated heterocycles. The molecule has 7 heteroatoms. The van der Waals surface area contributed by atoms with Crippen LogP contribution in [0.2, 0.25) is 5.02 Å². The summed E-state index contributed by atoms with van der Waals surface area (Å²) in [4.78, 5) is 35.6. The molecule has 1 aromatic rings. The van der Waals surface area contributed by atoms with Crippen LogP contribution in [0.15, 0.2) is 18.2 Å². The molecule has 2 N–H and O–H groups in total. The summed E-state index contributed by atoms with van der Waals surface area (Å²) in [6, 6.07) is 4.41. The highest BCUT2D eigenvalue weighted by Gasteiger charge is 2.21. The number of halogens is 1. The molecule has 0 fully saturated rings. The number of nitrogens with one attached hydrogen (secondary N) is 1. The van der Waals surface area contributed by atoms with E-state index >= 15 is 0 Å². The van der Waals surface area contributed by atoms with Gasteiger partial charge in [-0.1, -0.05) is 11.6 Å². The van der Waals surface area contributed by atoms with Crippen LogP contribution in [0.3, 0.4) is 0 Å². The first-order valence-electron chi connectivity index (χ1n) is 5.79. The van der Waals surface area contributed by atoms with E-state index in [1.54, 1.807) is 14.1 Å². The molecule has 0 heterocycles. The second kappa shape index (κ2) is 6.38. The average Bonchev–Trinajstić information content (AvgIpc) is 2.39. The predicted octanol–water partition coefficient (Wildman–Crippen LogP) is 1.70. The lowest BCUT2D eigenvalue weighted by Gasteiger charge is -2.13. The van der Waals surface area contributed by atoms with Gasteiger partial charge in [0.1, 0.15) is 5.92 Å². The number of carboxylic acid groups (broad SMARTS) is 1. The highest BCUT2D eigenvalue weighted by molar-refractivity contribution is 6.34. The van der Waals surface area contributed by atoms with Crippen LogP contribution in [0.5, 0.6) is 0 Å². The van der Waals surface area contributed by atoms with E-state index in [2.05, 4.69) is 5.32 Å². The Balaban J connectivity index is 3.01. The van der Waals surface area contributed by atoms with Gasteiger partial charge in [0.25, 0.3) is 5.91 Å². The van der Waals surface area contributed by atoms with Gasteiger partial charge in [-0.2, -0.15) is 0 Å². The normalized spacial score (nSPS) is 11.6. The molecule has 0 bridgehead atoms. The number of carbonyl (C=O) groups is 3. The Morgan fingerprint density at radius 1 is 1.30 bits per heavy atom. The van der Waals surface area contributed by atoms with Gasteiger partial charge in [0.15, 0.2) is 0 Å². The van der Waals surface area contributed by atoms with Gasteiger partial charge in [0.2, 0.25) is 5.91 Å². The van der Waals surface area contributed by atoms with Crippen molar-refractivity contribution in [3.63, 3.8) is 0 Å². The third-order valence-electron chi connectivity index (χ3n) is 2.64. The molecule has 0 aliphatic rings. The monoisotopic (exact) mass is 298 g/mol. The van der Waals surface area contributed by atoms with E-state index in [0.717, 1.165) is 0 Å². The Bertz CT molecular complexity index is 557. The third kappa shape index (κ3) is 3.71. The summed E-state index contributed by atoms with van der Waals surface area (Å²) in [5, 5.41) is 11.4. The largest absolute Gasteiger partial charge is 0.481 e. The quantitative estimate of drug-likeness (QED) is 0.828. The molecule has 1 aromatic carbocycles. The van der Waals surface area contributed by atoms with Crippen molar-refractivity contribution in [2.24, 2.45) is 5.92 Å². The van der Waals surface area contributed by atoms with E-state index in [0.29, 0.717) is 5.56 Å². The van der Waals surface area contributed by atoms with Gasteiger partial charge in [-0.15, -0.1) is 0 Å². The standard InChI is InChI=1S/C13H15ClN2O4/c1-7(13(19)20)11(17)15-10-6-8(4-5-9(10)14)12(18)16(2)3/h4-7H,1-3H3,(H,15,17)(H,19,20). The van der Waals surface area contributed by atoms with E-state index in [4.69, 9.17) is 16.7 Å². The van der Waals surface area contributed by atoms with Crippen molar-refractivity contribution in [3.05, 3.63) is 28.8 Å². The fourth-order valence-electron chi connectivity index (χ4n) is 1.37. The minimum absolute atomic E-state index is 0.206. The molecule has 20 heavy (non-hydrogen) atoms. The van der Waals surface area contributed by atoms with Crippen LogP contribution in [0.4, 0.5) is 5.69 Å². The van der Waals surface area contributed by atoms with E-state index in [9.17, 15) is 14.4 Å². The van der Waals surface area contributed by atoms with Crippen molar-refractivity contribution in [2.75, 3.05) is 19.4 Å². The molecule has 0 aliphatic heterocycles. The van der Waals surface area contributed by atoms with E-state index in [-0.39, 0.29) is 16.6 Å². The molecule has 108 valence electrons. The number of carboxylic acids is 1. The maximum atomic E-state index is 11.8. The predicted molar refractivity (Wildman–Crippen MR) is 74.9 cm³/mol. The smallest absolute Gasteiger partial charge is 0.315 e. The number of amides is 2. The van der Waals surface area contributed by atoms with E-state index in [1.807, 2.05) is 0 Å². The van der Waals surface area contributed by atoms with Crippen molar-refractivity contribution in [2.45, 2.75) is 6.92 Å². The number of nitrogens with zero attached hydrogens (tertiary/aromatic N) is 1. The van der Waals surface area contributed by atoms with Gasteiger partial charge in [0, 0.05) is 19.7 Å². The van der Waals surface area contributed by atoms with Crippen molar-refractivity contribution in [1.29, 1.82) is 0 Å². The highest BCUT2D eigenvalue weighted by Crippen LogP contribution is 2.24. The summed E-state index contributed by atoms with van der Waals surface area (Å²) < 4.78 is 0. The second-order valence-electron chi connectivity index (χ2n) is 4.44. The molecule has 0 aromatic heterocycles. The summed E-state index contributed by atoms with van der Waals surface area (Å²) >= 11 is 5.92. The van der Waals surface area contributed by atoms with Crippen molar-refractivity contribution in [3.8, 4) is 0 Å². The number of benzene rings is 1. The van der Waals surface area contributed by atoms with Crippen molar-refractivity contribution in [1.82, 2.24) is 4.90 Å². The zero-order chi connectivity index (χ0) is 15.4. The van der Waals surface area contributed by atoms with Crippen LogP contribution in [0.1, 0.15) is 17.3 Å². The third-order valence-corrected chi connectivity index (χ3v) is 2.97. The van der Waals surface area contributed by atoms with Gasteiger partial charge in [-0.25, -0.2) is 0 Å². The number of rotatable bonds is 4. The Hall–Kier alpha value is -2.08. The number of aliphatic carboxylic acids is 1. The van der Waals surface area contributed by atoms with Crippen molar-refractivity contribution >= 4 is 35.1 Å². The average molecular weight is 299 g/mol. The molecule has 0 saturated carbocycles. The Morgan fingerprint density at radius 3 is 2.40 bits per heavy atom. The number of hydrogen-bond acceptors (Lipinski definition) is 3. The molecule has 1 atom stereocenters. The van der Waals surface area contributed by atoms with Crippen LogP contribution in [0, 0.1) is 5.92 Å². The summed E-state index contributed by atoms with van der Waals surface area (Å²) in [5.41, 5.74) is 0.551. The van der Waals surface area contributed by atoms with Crippen LogP contribution >= 0.6 is 11.6 Å². The first-order chi connectivity index (χ1) is 9.23. The lowest BCUT2D eigenvalue weighted by atomic mass is 10.1. The Morgan fingerprint density at radius 2 is 1.90 bits per heavy atom. The molecule has 6 nitrogen and oxygen atoms in total. The van der Waals surface area contributed by atoms with Gasteiger partial charge in [-0.3, -0.25) is 14.4 Å². The maximum absolute atomic E-state index is 11.8. The SMILES string of the molecule is CC(C(=O)O)C(=O)Nc1cc(C(=O)N(C)C)ccc1Cl. The zero-order valence-corrected chi connectivity index (χ0v) is 12.1. The minimum atomic E-state index is -1.24. The maximum Gasteiger partial charge on any atom is 0.315 e. The van der Waals surface area contributed by atoms with Gasteiger partial charge in [0.05, 0.1) is 10.7 Å². The van der Waals surface area contributed by atoms with E-state index < -0.39 is 17.8 Å². The number of hydrogen-bond donors (Lipinski definition) is 2. The Labute approximate surface area is 121 Å². The lowest BCUT2D eigenvalue weighted by molar-refractivity contribution is -0.144. The van der Waals surface area contributed by atoms with Gasteiger partial charge in [-0.05, 0) is 25.1 Å². The molecule has 0 spiro atoms. The fraction of sp³-hybridized carbons (Fsp3) is 0.308. The molecular formula is C13H15ClN2O4. The summed E-state index contributed by atoms with van der Waals surface area (Å²) in [7, 11) is 3.20. The van der Waals surface area contributed by atoms with Gasteiger partial charge < -0.3 is 15.3 Å². The number of anilines is 1. The van der Waals surface area contributed by atoms with Crippen LogP contribution in [0.25, 0.3) is 0 Å². The molecule has 2 amide bonds. The van der Waals surface area contributed by atoms with Crippen molar-refractivity contribution < 1.29 is 19.5 Å². The van der Waals surface area contributed by atoms with Gasteiger partial charge >= 0.3 is 5.97 Å². The highest BCUT2D eigenvalue weighted by atomic mass is 35.5. The summed E-state index contributed by atoms with van der Waals surface area (Å²) in [5.74, 6) is -3.39. The first kappa shape index (κ1) is 16.0. The lowest BCUT2D eigenvalue weighted by Crippen LogP contribution is -2.27. The molecule has 1 rings (SSSR count). The molecule has 0 radical (unpaired) electrons. The molecule has 0 aliphatic carbocycles. The Kier molecular flexibility index (Phi) is 5.10. The van der Waals surface area contributed by atoms with Crippen LogP contribution < -0.4 is 5.32 Å². The van der Waals surface area contributed by atoms with Crippen LogP contribution in [-0.4, -0.2) is 41.9 Å². The topological polar surface area (TPSA) is 86.7 Å². The van der Waals surface area contributed by atoms with E-state index in [1.165, 1.54) is 30.0 Å². The second-order valence-corrected chi connectivity index (χ2v) is 4.85. The fourth-order valence-corrected chi connectivity index (χ4v) is 1.53. The number of carbonyl (C=O) groups excluding carboxylic acids is 2. The summed E-state index contributed by atoms with van der Waals surface area (Å²) in [6.45, 7) is 1.26. The molecular weight excluding hydrogens is 284 g/mol. The minimum Gasteiger partial charge on any atom is -0.481 e. The summed E-state index contributed by atoms with van der Waals surface area (Å²) in [6.07, 6.45) is 0. The first-order valence-corrected chi connectivity index (χ1v) is 6.16. The van der Waals surface area contributed by atoms with Crippen LogP contribution in [-0.2, 0) is 9.59 Å². The zero-order valence-electron chi connectivity index (χ0n) is 11.3. The molecule has 1 unspecified atom stereocenters.